The summed E-state index contributed by atoms with van der Waals surface area (Å²) in [4.78, 5) is 9.62. The van der Waals surface area contributed by atoms with Crippen LogP contribution in [0.2, 0.25) is 0 Å². The van der Waals surface area contributed by atoms with Crippen molar-refractivity contribution in [3.63, 3.8) is 0 Å². The SMILES string of the molecule is CCC[N+](CCC)(CCC)CCC.O=C(O)C(Cl)(Cl)Cl.[OH-]. The molecule has 0 aliphatic rings. The molecule has 0 unspecified atom stereocenters. The van der Waals surface area contributed by atoms with Crippen LogP contribution in [0.5, 0.6) is 0 Å². The first-order valence-electron chi connectivity index (χ1n) is 7.34. The van der Waals surface area contributed by atoms with Gasteiger partial charge in [0.1, 0.15) is 0 Å². The van der Waals surface area contributed by atoms with Gasteiger partial charge in [-0.2, -0.15) is 0 Å². The number of hydrogen-bond acceptors (Lipinski definition) is 2. The smallest absolute Gasteiger partial charge is 0.356 e. The van der Waals surface area contributed by atoms with Crippen LogP contribution in [0, 0.1) is 0 Å². The van der Waals surface area contributed by atoms with Crippen molar-refractivity contribution in [2.75, 3.05) is 26.2 Å². The highest BCUT2D eigenvalue weighted by atomic mass is 35.6. The lowest BCUT2D eigenvalue weighted by atomic mass is 10.2. The van der Waals surface area contributed by atoms with Gasteiger partial charge in [0.2, 0.25) is 0 Å². The Kier molecular flexibility index (Phi) is 17.3. The van der Waals surface area contributed by atoms with Gasteiger partial charge in [0.05, 0.1) is 26.2 Å². The van der Waals surface area contributed by atoms with Crippen molar-refractivity contribution in [1.82, 2.24) is 0 Å². The van der Waals surface area contributed by atoms with E-state index in [9.17, 15) is 4.79 Å². The van der Waals surface area contributed by atoms with Gasteiger partial charge in [0.15, 0.2) is 0 Å². The normalized spacial score (nSPS) is 11.2. The Morgan fingerprint density at radius 1 is 0.857 bits per heavy atom. The Morgan fingerprint density at radius 3 is 1.14 bits per heavy atom. The maximum absolute atomic E-state index is 9.62. The van der Waals surface area contributed by atoms with Crippen LogP contribution in [0.15, 0.2) is 0 Å². The van der Waals surface area contributed by atoms with Crippen molar-refractivity contribution in [3.05, 3.63) is 0 Å². The van der Waals surface area contributed by atoms with Gasteiger partial charge in [-0.1, -0.05) is 62.5 Å². The van der Waals surface area contributed by atoms with Gasteiger partial charge in [-0.25, -0.2) is 4.79 Å². The van der Waals surface area contributed by atoms with Crippen LogP contribution >= 0.6 is 34.8 Å². The van der Waals surface area contributed by atoms with Gasteiger partial charge >= 0.3 is 5.97 Å². The molecule has 21 heavy (non-hydrogen) atoms. The third kappa shape index (κ3) is 13.6. The zero-order chi connectivity index (χ0) is 16.2. The third-order valence-electron chi connectivity index (χ3n) is 3.03. The molecule has 0 aliphatic heterocycles. The molecule has 0 radical (unpaired) electrons. The average Bonchev–Trinajstić information content (AvgIpc) is 2.29. The van der Waals surface area contributed by atoms with Crippen molar-refractivity contribution < 1.29 is 19.9 Å². The fourth-order valence-electron chi connectivity index (χ4n) is 2.57. The second kappa shape index (κ2) is 13.9. The minimum Gasteiger partial charge on any atom is -0.870 e. The van der Waals surface area contributed by atoms with Crippen molar-refractivity contribution in [1.29, 1.82) is 0 Å². The number of halogens is 3. The minimum absolute atomic E-state index is 0. The molecule has 0 spiro atoms. The molecule has 0 bridgehead atoms. The highest BCUT2D eigenvalue weighted by Gasteiger charge is 2.29. The second-order valence-electron chi connectivity index (χ2n) is 5.04. The minimum atomic E-state index is -2.17. The molecular formula is C14H30Cl3NO3. The average molecular weight is 367 g/mol. The van der Waals surface area contributed by atoms with Crippen LogP contribution in [0.25, 0.3) is 0 Å². The lowest BCUT2D eigenvalue weighted by Crippen LogP contribution is -2.50. The summed E-state index contributed by atoms with van der Waals surface area (Å²) < 4.78 is -0.792. The predicted molar refractivity (Wildman–Crippen MR) is 90.8 cm³/mol. The van der Waals surface area contributed by atoms with E-state index >= 15 is 0 Å². The molecule has 0 aromatic heterocycles. The zero-order valence-corrected chi connectivity index (χ0v) is 15.8. The molecule has 2 N–H and O–H groups in total. The first-order valence-corrected chi connectivity index (χ1v) is 8.47. The molecule has 0 aromatic rings. The number of carboxylic acid groups (broad SMARTS) is 1. The number of quaternary nitrogens is 1. The standard InChI is InChI=1S/C12H28N.C2HCl3O2.H2O/c1-5-9-13(10-6-2,11-7-3)12-8-4;3-2(4,5)1(6)7;/h5-12H2,1-4H3;(H,6,7);1H2/q+1;;/p-1. The van der Waals surface area contributed by atoms with Gasteiger partial charge in [-0.3, -0.25) is 0 Å². The number of nitrogens with zero attached hydrogens (tertiary/aromatic N) is 1. The molecule has 4 nitrogen and oxygen atoms in total. The first-order chi connectivity index (χ1) is 9.19. The maximum atomic E-state index is 9.62. The summed E-state index contributed by atoms with van der Waals surface area (Å²) in [5.41, 5.74) is 0. The summed E-state index contributed by atoms with van der Waals surface area (Å²) in [6.07, 6.45) is 5.33. The largest absolute Gasteiger partial charge is 0.870 e. The van der Waals surface area contributed by atoms with E-state index in [2.05, 4.69) is 27.7 Å². The fourth-order valence-corrected chi connectivity index (χ4v) is 2.57. The highest BCUT2D eigenvalue weighted by molar-refractivity contribution is 6.75. The van der Waals surface area contributed by atoms with Crippen LogP contribution in [0.4, 0.5) is 0 Å². The van der Waals surface area contributed by atoms with E-state index in [0.29, 0.717) is 0 Å². The molecule has 0 amide bonds. The summed E-state index contributed by atoms with van der Waals surface area (Å²) in [6, 6.07) is 0. The van der Waals surface area contributed by atoms with Crippen molar-refractivity contribution >= 4 is 40.8 Å². The van der Waals surface area contributed by atoms with Gasteiger partial charge in [0.25, 0.3) is 3.79 Å². The molecular weight excluding hydrogens is 337 g/mol. The molecule has 0 saturated heterocycles. The maximum Gasteiger partial charge on any atom is 0.356 e. The van der Waals surface area contributed by atoms with E-state index in [1.165, 1.54) is 56.3 Å². The molecule has 0 atom stereocenters. The van der Waals surface area contributed by atoms with Crippen LogP contribution < -0.4 is 0 Å². The number of carbonyl (C=O) groups is 1. The van der Waals surface area contributed by atoms with E-state index in [0.717, 1.165) is 0 Å². The van der Waals surface area contributed by atoms with Crippen LogP contribution in [0.1, 0.15) is 53.4 Å². The number of alkyl halides is 3. The van der Waals surface area contributed by atoms with Crippen LogP contribution in [0.3, 0.4) is 0 Å². The van der Waals surface area contributed by atoms with E-state index < -0.39 is 9.76 Å². The molecule has 0 aliphatic carbocycles. The van der Waals surface area contributed by atoms with Crippen molar-refractivity contribution in [2.45, 2.75) is 57.2 Å². The van der Waals surface area contributed by atoms with E-state index in [-0.39, 0.29) is 5.48 Å². The number of rotatable bonds is 8. The highest BCUT2D eigenvalue weighted by Crippen LogP contribution is 2.25. The summed E-state index contributed by atoms with van der Waals surface area (Å²) in [6.45, 7) is 14.8. The fraction of sp³-hybridized carbons (Fsp3) is 0.929. The lowest BCUT2D eigenvalue weighted by Gasteiger charge is -2.38. The summed E-state index contributed by atoms with van der Waals surface area (Å²) in [5, 5.41) is 7.85. The predicted octanol–water partition coefficient (Wildman–Crippen LogP) is 4.71. The quantitative estimate of drug-likeness (QED) is 0.499. The Labute approximate surface area is 144 Å². The number of carboxylic acids is 1. The Hall–Kier alpha value is 0.260. The first kappa shape index (κ1) is 26.2. The van der Waals surface area contributed by atoms with Crippen molar-refractivity contribution in [3.8, 4) is 0 Å². The van der Waals surface area contributed by atoms with E-state index in [1.807, 2.05) is 0 Å². The topological polar surface area (TPSA) is 67.3 Å². The molecule has 0 rings (SSSR count). The second-order valence-corrected chi connectivity index (χ2v) is 7.32. The third-order valence-corrected chi connectivity index (χ3v) is 3.52. The van der Waals surface area contributed by atoms with Gasteiger partial charge in [-0.15, -0.1) is 0 Å². The molecule has 130 valence electrons. The number of aliphatic carboxylic acids is 1. The molecule has 0 saturated carbocycles. The molecule has 0 fully saturated rings. The van der Waals surface area contributed by atoms with Gasteiger partial charge < -0.3 is 15.1 Å². The summed E-state index contributed by atoms with van der Waals surface area (Å²) >= 11 is 14.4. The van der Waals surface area contributed by atoms with Gasteiger partial charge in [0, 0.05) is 0 Å². The Morgan fingerprint density at radius 2 is 1.05 bits per heavy atom. The number of hydrogen-bond donors (Lipinski definition) is 1. The summed E-state index contributed by atoms with van der Waals surface area (Å²) in [5.74, 6) is -1.46. The van der Waals surface area contributed by atoms with Gasteiger partial charge in [-0.05, 0) is 25.7 Å². The Bertz CT molecular complexity index is 229. The monoisotopic (exact) mass is 365 g/mol. The van der Waals surface area contributed by atoms with E-state index in [4.69, 9.17) is 39.9 Å². The molecule has 7 heteroatoms. The lowest BCUT2D eigenvalue weighted by molar-refractivity contribution is -0.928. The molecule has 0 heterocycles. The zero-order valence-electron chi connectivity index (χ0n) is 13.5. The van der Waals surface area contributed by atoms with E-state index in [1.54, 1.807) is 0 Å². The van der Waals surface area contributed by atoms with Crippen LogP contribution in [-0.4, -0.2) is 51.0 Å². The van der Waals surface area contributed by atoms with Crippen LogP contribution in [-0.2, 0) is 4.79 Å². The summed E-state index contributed by atoms with van der Waals surface area (Å²) in [7, 11) is 0. The van der Waals surface area contributed by atoms with Crippen molar-refractivity contribution in [2.24, 2.45) is 0 Å². The Balaban J connectivity index is -0.000000347. The molecule has 0 aromatic carbocycles.